The molecule has 0 saturated heterocycles. The summed E-state index contributed by atoms with van der Waals surface area (Å²) in [5.74, 6) is -1.43. The Bertz CT molecular complexity index is 1330. The number of nitrogens with one attached hydrogen (secondary N) is 1. The lowest BCUT2D eigenvalue weighted by molar-refractivity contribution is -0.143. The minimum absolute atomic E-state index is 0.0171. The molecule has 0 aromatic heterocycles. The summed E-state index contributed by atoms with van der Waals surface area (Å²) in [4.78, 5) is 36.5. The van der Waals surface area contributed by atoms with Crippen LogP contribution in [-0.2, 0) is 30.9 Å². The third-order valence-electron chi connectivity index (χ3n) is 5.28. The summed E-state index contributed by atoms with van der Waals surface area (Å²) in [6.07, 6.45) is 0.514. The van der Waals surface area contributed by atoms with Gasteiger partial charge in [0.15, 0.2) is 12.4 Å². The van der Waals surface area contributed by atoms with Gasteiger partial charge in [0.05, 0.1) is 6.42 Å². The molecule has 0 aliphatic carbocycles. The second-order valence-electron chi connectivity index (χ2n) is 8.02. The van der Waals surface area contributed by atoms with Crippen LogP contribution in [0.5, 0.6) is 5.75 Å². The van der Waals surface area contributed by atoms with E-state index in [1.807, 2.05) is 32.0 Å². The van der Waals surface area contributed by atoms with Crippen molar-refractivity contribution in [2.24, 2.45) is 0 Å². The predicted octanol–water partition coefficient (Wildman–Crippen LogP) is 4.47. The van der Waals surface area contributed by atoms with Gasteiger partial charge in [-0.05, 0) is 61.4 Å². The lowest BCUT2D eigenvalue weighted by atomic mass is 10.1. The Morgan fingerprint density at radius 1 is 0.861 bits per heavy atom. The Morgan fingerprint density at radius 2 is 1.53 bits per heavy atom. The first kappa shape index (κ1) is 26.6. The molecule has 3 aromatic carbocycles. The number of ketones is 1. The van der Waals surface area contributed by atoms with Gasteiger partial charge in [-0.25, -0.2) is 0 Å². The van der Waals surface area contributed by atoms with E-state index in [1.165, 1.54) is 36.4 Å². The van der Waals surface area contributed by atoms with E-state index in [2.05, 4.69) is 5.32 Å². The zero-order valence-electron chi connectivity index (χ0n) is 20.0. The summed E-state index contributed by atoms with van der Waals surface area (Å²) in [7, 11) is -4.01. The second-order valence-corrected chi connectivity index (χ2v) is 9.56. The van der Waals surface area contributed by atoms with Crippen LogP contribution in [0.4, 0.5) is 5.69 Å². The van der Waals surface area contributed by atoms with Gasteiger partial charge in [-0.1, -0.05) is 42.8 Å². The summed E-state index contributed by atoms with van der Waals surface area (Å²) in [5, 5.41) is 2.77. The molecule has 0 saturated carbocycles. The molecule has 36 heavy (non-hydrogen) atoms. The molecule has 3 rings (SSSR count). The van der Waals surface area contributed by atoms with E-state index in [1.54, 1.807) is 18.2 Å². The van der Waals surface area contributed by atoms with E-state index in [0.717, 1.165) is 17.5 Å². The number of aryl methyl sites for hydroxylation is 2. The van der Waals surface area contributed by atoms with E-state index in [0.29, 0.717) is 5.69 Å². The third kappa shape index (κ3) is 7.51. The minimum Gasteiger partial charge on any atom is -0.457 e. The van der Waals surface area contributed by atoms with Crippen molar-refractivity contribution >= 4 is 33.5 Å². The van der Waals surface area contributed by atoms with Crippen molar-refractivity contribution in [3.05, 3.63) is 89.5 Å². The minimum atomic E-state index is -4.01. The maximum atomic E-state index is 12.4. The summed E-state index contributed by atoms with van der Waals surface area (Å²) < 4.78 is 34.9. The van der Waals surface area contributed by atoms with Crippen molar-refractivity contribution in [1.82, 2.24) is 0 Å². The van der Waals surface area contributed by atoms with Crippen molar-refractivity contribution in [3.63, 3.8) is 0 Å². The number of esters is 1. The van der Waals surface area contributed by atoms with Crippen LogP contribution < -0.4 is 9.50 Å². The number of anilines is 1. The van der Waals surface area contributed by atoms with Crippen LogP contribution in [0.1, 0.15) is 41.3 Å². The predicted molar refractivity (Wildman–Crippen MR) is 134 cm³/mol. The molecule has 0 heterocycles. The van der Waals surface area contributed by atoms with Gasteiger partial charge in [0.2, 0.25) is 5.91 Å². The van der Waals surface area contributed by atoms with Gasteiger partial charge in [0, 0.05) is 17.7 Å². The molecule has 0 spiro atoms. The maximum absolute atomic E-state index is 12.4. The lowest BCUT2D eigenvalue weighted by Crippen LogP contribution is -2.18. The second kappa shape index (κ2) is 12.1. The normalized spacial score (nSPS) is 10.9. The number of carbonyl (C=O) groups excluding carboxylic acids is 3. The van der Waals surface area contributed by atoms with Crippen molar-refractivity contribution in [3.8, 4) is 5.75 Å². The first-order valence-corrected chi connectivity index (χ1v) is 12.8. The van der Waals surface area contributed by atoms with Crippen LogP contribution in [0.2, 0.25) is 0 Å². The zero-order chi connectivity index (χ0) is 26.1. The molecule has 1 amide bonds. The molecular weight excluding hydrogens is 482 g/mol. The topological polar surface area (TPSA) is 116 Å². The number of para-hydroxylation sites is 1. The Kier molecular flexibility index (Phi) is 8.97. The number of hydrogen-bond acceptors (Lipinski definition) is 7. The van der Waals surface area contributed by atoms with Crippen molar-refractivity contribution in [1.29, 1.82) is 0 Å². The molecule has 3 aromatic rings. The van der Waals surface area contributed by atoms with Crippen LogP contribution in [-0.4, -0.2) is 32.7 Å². The molecule has 0 aliphatic heterocycles. The SMILES string of the molecule is CCc1ccccc1NC(=O)CCC(=O)OCC(=O)c1ccc(OS(=O)(=O)c2ccc(C)cc2)cc1. The van der Waals surface area contributed by atoms with Crippen LogP contribution >= 0.6 is 0 Å². The number of hydrogen-bond donors (Lipinski definition) is 1. The van der Waals surface area contributed by atoms with Crippen LogP contribution in [0.15, 0.2) is 77.7 Å². The van der Waals surface area contributed by atoms with Gasteiger partial charge >= 0.3 is 16.1 Å². The largest absolute Gasteiger partial charge is 0.457 e. The summed E-state index contributed by atoms with van der Waals surface area (Å²) in [6.45, 7) is 3.32. The van der Waals surface area contributed by atoms with Crippen LogP contribution in [0, 0.1) is 6.92 Å². The summed E-state index contributed by atoms with van der Waals surface area (Å²) in [5.41, 5.74) is 2.83. The van der Waals surface area contributed by atoms with Crippen molar-refractivity contribution in [2.75, 3.05) is 11.9 Å². The molecule has 0 atom stereocenters. The summed E-state index contributed by atoms with van der Waals surface area (Å²) >= 11 is 0. The fourth-order valence-corrected chi connectivity index (χ4v) is 4.19. The fraction of sp³-hybridized carbons (Fsp3) is 0.222. The number of Topliss-reactive ketones (excluding diaryl/α,β-unsaturated/α-hetero) is 1. The highest BCUT2D eigenvalue weighted by atomic mass is 32.2. The van der Waals surface area contributed by atoms with Gasteiger partial charge in [0.25, 0.3) is 0 Å². The Morgan fingerprint density at radius 3 is 2.19 bits per heavy atom. The van der Waals surface area contributed by atoms with Gasteiger partial charge < -0.3 is 14.2 Å². The zero-order valence-corrected chi connectivity index (χ0v) is 20.8. The molecule has 1 N–H and O–H groups in total. The van der Waals surface area contributed by atoms with Crippen LogP contribution in [0.25, 0.3) is 0 Å². The third-order valence-corrected chi connectivity index (χ3v) is 6.55. The van der Waals surface area contributed by atoms with Crippen molar-refractivity contribution < 1.29 is 31.7 Å². The Hall–Kier alpha value is -3.98. The molecule has 0 bridgehead atoms. The average Bonchev–Trinajstić information content (AvgIpc) is 2.87. The van der Waals surface area contributed by atoms with Gasteiger partial charge in [-0.2, -0.15) is 8.42 Å². The molecule has 0 radical (unpaired) electrons. The van der Waals surface area contributed by atoms with E-state index < -0.39 is 28.5 Å². The van der Waals surface area contributed by atoms with Gasteiger partial charge in [0.1, 0.15) is 10.6 Å². The molecule has 0 fully saturated rings. The monoisotopic (exact) mass is 509 g/mol. The van der Waals surface area contributed by atoms with Crippen LogP contribution in [0.3, 0.4) is 0 Å². The highest BCUT2D eigenvalue weighted by molar-refractivity contribution is 7.87. The first-order chi connectivity index (χ1) is 17.2. The quantitative estimate of drug-likeness (QED) is 0.230. The van der Waals surface area contributed by atoms with E-state index >= 15 is 0 Å². The molecule has 0 unspecified atom stereocenters. The fourth-order valence-electron chi connectivity index (χ4n) is 3.26. The number of carbonyl (C=O) groups is 3. The van der Waals surface area contributed by atoms with E-state index in [-0.39, 0.29) is 35.0 Å². The smallest absolute Gasteiger partial charge is 0.339 e. The highest BCUT2D eigenvalue weighted by Crippen LogP contribution is 2.20. The molecule has 9 heteroatoms. The van der Waals surface area contributed by atoms with E-state index in [4.69, 9.17) is 8.92 Å². The standard InChI is InChI=1S/C27H27NO7S/c1-3-20-6-4-5-7-24(20)28-26(30)16-17-27(31)34-18-25(29)21-10-12-22(13-11-21)35-36(32,33)23-14-8-19(2)9-15-23/h4-15H,3,16-18H2,1-2H3,(H,28,30). The number of benzene rings is 3. The first-order valence-electron chi connectivity index (χ1n) is 11.4. The number of rotatable bonds is 11. The Labute approximate surface area is 210 Å². The van der Waals surface area contributed by atoms with Gasteiger partial charge in [-0.3, -0.25) is 14.4 Å². The van der Waals surface area contributed by atoms with E-state index in [9.17, 15) is 22.8 Å². The van der Waals surface area contributed by atoms with Gasteiger partial charge in [-0.15, -0.1) is 0 Å². The highest BCUT2D eigenvalue weighted by Gasteiger charge is 2.17. The Balaban J connectivity index is 1.46. The molecule has 188 valence electrons. The average molecular weight is 510 g/mol. The number of amides is 1. The molecule has 8 nitrogen and oxygen atoms in total. The number of ether oxygens (including phenoxy) is 1. The maximum Gasteiger partial charge on any atom is 0.339 e. The molecular formula is C27H27NO7S. The lowest BCUT2D eigenvalue weighted by Gasteiger charge is -2.10. The van der Waals surface area contributed by atoms with Crippen molar-refractivity contribution in [2.45, 2.75) is 38.0 Å². The summed E-state index contributed by atoms with van der Waals surface area (Å²) in [6, 6.07) is 19.1. The molecule has 0 aliphatic rings.